The number of H-pyrrole nitrogens is 1. The Balaban J connectivity index is 2.36. The number of aromatic nitrogens is 1. The van der Waals surface area contributed by atoms with Crippen molar-refractivity contribution in [1.29, 1.82) is 0 Å². The maximum absolute atomic E-state index is 12.2. The van der Waals surface area contributed by atoms with E-state index in [1.165, 1.54) is 6.07 Å². The standard InChI is InChI=1S/C8H9F3N2/c9-8(10,11)7-3-5-4-12-2-1-6(5)13-7/h3,12-13H,1-2,4H2. The summed E-state index contributed by atoms with van der Waals surface area (Å²) in [6.07, 6.45) is -3.61. The minimum atomic E-state index is -4.25. The maximum atomic E-state index is 12.2. The summed E-state index contributed by atoms with van der Waals surface area (Å²) >= 11 is 0. The van der Waals surface area contributed by atoms with Gasteiger partial charge in [0.2, 0.25) is 0 Å². The molecular weight excluding hydrogens is 181 g/mol. The molecule has 2 nitrogen and oxygen atoms in total. The molecule has 2 N–H and O–H groups in total. The molecule has 2 heterocycles. The zero-order chi connectivity index (χ0) is 9.47. The van der Waals surface area contributed by atoms with Gasteiger partial charge in [0.05, 0.1) is 0 Å². The fraction of sp³-hybridized carbons (Fsp3) is 0.500. The highest BCUT2D eigenvalue weighted by Crippen LogP contribution is 2.30. The third-order valence-corrected chi connectivity index (χ3v) is 2.16. The molecular formula is C8H9F3N2. The van der Waals surface area contributed by atoms with Crippen LogP contribution in [0.1, 0.15) is 17.0 Å². The first-order chi connectivity index (χ1) is 6.07. The van der Waals surface area contributed by atoms with Gasteiger partial charge in [-0.1, -0.05) is 0 Å². The molecule has 1 aliphatic rings. The Bertz CT molecular complexity index is 290. The van der Waals surface area contributed by atoms with Crippen LogP contribution in [0.4, 0.5) is 13.2 Å². The second-order valence-electron chi connectivity index (χ2n) is 3.11. The summed E-state index contributed by atoms with van der Waals surface area (Å²) in [5.74, 6) is 0. The molecule has 72 valence electrons. The Morgan fingerprint density at radius 3 is 2.69 bits per heavy atom. The Morgan fingerprint density at radius 1 is 1.31 bits per heavy atom. The molecule has 0 amide bonds. The lowest BCUT2D eigenvalue weighted by atomic mass is 10.1. The van der Waals surface area contributed by atoms with Gasteiger partial charge < -0.3 is 10.3 Å². The van der Waals surface area contributed by atoms with Gasteiger partial charge in [0.15, 0.2) is 0 Å². The smallest absolute Gasteiger partial charge is 0.355 e. The molecule has 13 heavy (non-hydrogen) atoms. The van der Waals surface area contributed by atoms with Gasteiger partial charge in [-0.3, -0.25) is 0 Å². The summed E-state index contributed by atoms with van der Waals surface area (Å²) in [6, 6.07) is 1.18. The van der Waals surface area contributed by atoms with E-state index in [0.717, 1.165) is 12.1 Å². The number of nitrogens with one attached hydrogen (secondary N) is 2. The van der Waals surface area contributed by atoms with Gasteiger partial charge in [-0.15, -0.1) is 0 Å². The van der Waals surface area contributed by atoms with E-state index in [2.05, 4.69) is 10.3 Å². The van der Waals surface area contributed by atoms with Gasteiger partial charge in [0.1, 0.15) is 5.69 Å². The predicted molar refractivity (Wildman–Crippen MR) is 41.2 cm³/mol. The maximum Gasteiger partial charge on any atom is 0.431 e. The van der Waals surface area contributed by atoms with Crippen LogP contribution in [0.15, 0.2) is 6.07 Å². The number of halogens is 3. The number of alkyl halides is 3. The molecule has 1 aliphatic heterocycles. The lowest BCUT2D eigenvalue weighted by molar-refractivity contribution is -0.140. The highest BCUT2D eigenvalue weighted by molar-refractivity contribution is 5.29. The molecule has 0 atom stereocenters. The second-order valence-corrected chi connectivity index (χ2v) is 3.11. The zero-order valence-electron chi connectivity index (χ0n) is 6.83. The Kier molecular flexibility index (Phi) is 1.83. The molecule has 1 aromatic rings. The lowest BCUT2D eigenvalue weighted by Crippen LogP contribution is -2.22. The Labute approximate surface area is 73.1 Å². The van der Waals surface area contributed by atoms with Crippen LogP contribution in [0.5, 0.6) is 0 Å². The highest BCUT2D eigenvalue weighted by Gasteiger charge is 2.33. The van der Waals surface area contributed by atoms with Crippen molar-refractivity contribution in [2.24, 2.45) is 0 Å². The van der Waals surface area contributed by atoms with Gasteiger partial charge in [-0.25, -0.2) is 0 Å². The molecule has 0 unspecified atom stereocenters. The van der Waals surface area contributed by atoms with Gasteiger partial charge in [0.25, 0.3) is 0 Å². The fourth-order valence-corrected chi connectivity index (χ4v) is 1.51. The monoisotopic (exact) mass is 190 g/mol. The van der Waals surface area contributed by atoms with Crippen molar-refractivity contribution in [3.63, 3.8) is 0 Å². The summed E-state index contributed by atoms with van der Waals surface area (Å²) in [6.45, 7) is 1.27. The SMILES string of the molecule is FC(F)(F)c1cc2c([nH]1)CCNC2. The van der Waals surface area contributed by atoms with Crippen LogP contribution in [-0.2, 0) is 19.1 Å². The first kappa shape index (κ1) is 8.62. The van der Waals surface area contributed by atoms with Crippen LogP contribution >= 0.6 is 0 Å². The molecule has 0 aliphatic carbocycles. The van der Waals surface area contributed by atoms with Crippen molar-refractivity contribution in [1.82, 2.24) is 10.3 Å². The van der Waals surface area contributed by atoms with E-state index >= 15 is 0 Å². The first-order valence-corrected chi connectivity index (χ1v) is 4.06. The number of hydrogen-bond acceptors (Lipinski definition) is 1. The van der Waals surface area contributed by atoms with Crippen molar-refractivity contribution in [2.75, 3.05) is 6.54 Å². The predicted octanol–water partition coefficient (Wildman–Crippen LogP) is 1.68. The fourth-order valence-electron chi connectivity index (χ4n) is 1.51. The summed E-state index contributed by atoms with van der Waals surface area (Å²) in [5.41, 5.74) is 0.811. The second kappa shape index (κ2) is 2.77. The van der Waals surface area contributed by atoms with E-state index in [9.17, 15) is 13.2 Å². The van der Waals surface area contributed by atoms with Crippen LogP contribution in [0.3, 0.4) is 0 Å². The molecule has 0 spiro atoms. The van der Waals surface area contributed by atoms with Crippen LogP contribution in [0.2, 0.25) is 0 Å². The summed E-state index contributed by atoms with van der Waals surface area (Å²) in [5, 5.41) is 3.02. The van der Waals surface area contributed by atoms with Gasteiger partial charge in [-0.2, -0.15) is 13.2 Å². The lowest BCUT2D eigenvalue weighted by Gasteiger charge is -2.11. The third kappa shape index (κ3) is 1.56. The topological polar surface area (TPSA) is 27.8 Å². The molecule has 2 rings (SSSR count). The minimum Gasteiger partial charge on any atom is -0.355 e. The zero-order valence-corrected chi connectivity index (χ0v) is 6.83. The van der Waals surface area contributed by atoms with Crippen LogP contribution in [-0.4, -0.2) is 11.5 Å². The average molecular weight is 190 g/mol. The van der Waals surface area contributed by atoms with E-state index in [-0.39, 0.29) is 0 Å². The van der Waals surface area contributed by atoms with E-state index in [1.54, 1.807) is 0 Å². The summed E-state index contributed by atoms with van der Waals surface area (Å²) in [7, 11) is 0. The quantitative estimate of drug-likeness (QED) is 0.640. The first-order valence-electron chi connectivity index (χ1n) is 4.06. The van der Waals surface area contributed by atoms with E-state index in [4.69, 9.17) is 0 Å². The van der Waals surface area contributed by atoms with E-state index < -0.39 is 11.9 Å². The van der Waals surface area contributed by atoms with Crippen molar-refractivity contribution >= 4 is 0 Å². The number of rotatable bonds is 0. The Morgan fingerprint density at radius 2 is 2.08 bits per heavy atom. The third-order valence-electron chi connectivity index (χ3n) is 2.16. The minimum absolute atomic E-state index is 0.530. The number of aromatic amines is 1. The average Bonchev–Trinajstić information content (AvgIpc) is 2.45. The van der Waals surface area contributed by atoms with Crippen molar-refractivity contribution in [2.45, 2.75) is 19.1 Å². The molecule has 0 saturated carbocycles. The van der Waals surface area contributed by atoms with E-state index in [1.807, 2.05) is 0 Å². The molecule has 0 aromatic carbocycles. The summed E-state index contributed by atoms with van der Waals surface area (Å²) < 4.78 is 36.7. The molecule has 0 fully saturated rings. The van der Waals surface area contributed by atoms with Gasteiger partial charge in [-0.05, 0) is 11.6 Å². The van der Waals surface area contributed by atoms with E-state index in [0.29, 0.717) is 18.7 Å². The van der Waals surface area contributed by atoms with Gasteiger partial charge in [0, 0.05) is 25.2 Å². The normalized spacial score (nSPS) is 17.2. The molecule has 1 aromatic heterocycles. The van der Waals surface area contributed by atoms with Crippen LogP contribution in [0.25, 0.3) is 0 Å². The van der Waals surface area contributed by atoms with Crippen molar-refractivity contribution < 1.29 is 13.2 Å². The highest BCUT2D eigenvalue weighted by atomic mass is 19.4. The molecule has 0 radical (unpaired) electrons. The van der Waals surface area contributed by atoms with Crippen LogP contribution < -0.4 is 5.32 Å². The number of fused-ring (bicyclic) bond motifs is 1. The Hall–Kier alpha value is -0.970. The van der Waals surface area contributed by atoms with Crippen molar-refractivity contribution in [3.05, 3.63) is 23.0 Å². The van der Waals surface area contributed by atoms with Crippen LogP contribution in [0, 0.1) is 0 Å². The molecule has 5 heteroatoms. The molecule has 0 saturated heterocycles. The van der Waals surface area contributed by atoms with Gasteiger partial charge >= 0.3 is 6.18 Å². The summed E-state index contributed by atoms with van der Waals surface area (Å²) in [4.78, 5) is 2.41. The number of hydrogen-bond donors (Lipinski definition) is 2. The largest absolute Gasteiger partial charge is 0.431 e. The molecule has 0 bridgehead atoms. The van der Waals surface area contributed by atoms with Crippen molar-refractivity contribution in [3.8, 4) is 0 Å².